The van der Waals surface area contributed by atoms with E-state index in [1.807, 2.05) is 0 Å². The number of pyridine rings is 1. The van der Waals surface area contributed by atoms with E-state index in [1.165, 1.54) is 30.5 Å². The van der Waals surface area contributed by atoms with Crippen LogP contribution in [0.3, 0.4) is 0 Å². The number of amides is 2. The Morgan fingerprint density at radius 3 is 1.34 bits per heavy atom. The van der Waals surface area contributed by atoms with Crippen molar-refractivity contribution in [3.63, 3.8) is 0 Å². The van der Waals surface area contributed by atoms with Gasteiger partial charge in [0.25, 0.3) is 11.8 Å². The Kier molecular flexibility index (Phi) is 6.14. The molecule has 9 heteroatoms. The molecule has 0 fully saturated rings. The van der Waals surface area contributed by atoms with Crippen LogP contribution in [0.4, 0.5) is 11.4 Å². The number of carbonyl (C=O) groups excluding carboxylic acids is 6. The summed E-state index contributed by atoms with van der Waals surface area (Å²) in [5.41, 5.74) is 2.14. The molecule has 44 heavy (non-hydrogen) atoms. The molecule has 1 aromatic heterocycles. The summed E-state index contributed by atoms with van der Waals surface area (Å²) in [4.78, 5) is 82.9. The Morgan fingerprint density at radius 1 is 0.455 bits per heavy atom. The molecule has 2 amide bonds. The standard InChI is InChI=1S/C35H19N3O6/c39-30-19-7-1-3-9-21(19)32(41)28-23(30)11-5-13-25(28)37-34(43)18-15-16-27(36-17-18)35(44)38-26-14-6-12-24-29(26)33(42)22-10-4-2-8-20(22)31(24)40/h1-17H,(H,37,43)(H,38,44). The van der Waals surface area contributed by atoms with Gasteiger partial charge in [-0.25, -0.2) is 0 Å². The minimum Gasteiger partial charge on any atom is -0.321 e. The van der Waals surface area contributed by atoms with Crippen molar-refractivity contribution in [2.24, 2.45) is 0 Å². The SMILES string of the molecule is O=C(Nc1cccc2c1C(=O)c1ccccc1C2=O)c1ccc(C(=O)Nc2cccc3c2C(=O)c2ccccc2C3=O)nc1. The van der Waals surface area contributed by atoms with E-state index >= 15 is 0 Å². The summed E-state index contributed by atoms with van der Waals surface area (Å²) < 4.78 is 0. The molecule has 2 N–H and O–H groups in total. The fourth-order valence-corrected chi connectivity index (χ4v) is 5.54. The predicted octanol–water partition coefficient (Wildman–Crippen LogP) is 5.14. The molecule has 0 unspecified atom stereocenters. The van der Waals surface area contributed by atoms with Crippen LogP contribution in [0.15, 0.2) is 103 Å². The van der Waals surface area contributed by atoms with Gasteiger partial charge in [0.05, 0.1) is 28.1 Å². The van der Waals surface area contributed by atoms with Gasteiger partial charge < -0.3 is 10.6 Å². The van der Waals surface area contributed by atoms with E-state index in [1.54, 1.807) is 72.8 Å². The molecule has 4 aromatic carbocycles. The highest BCUT2D eigenvalue weighted by molar-refractivity contribution is 6.32. The van der Waals surface area contributed by atoms with Crippen molar-refractivity contribution >= 4 is 46.3 Å². The van der Waals surface area contributed by atoms with Crippen LogP contribution in [0.1, 0.15) is 84.5 Å². The number of hydrogen-bond acceptors (Lipinski definition) is 7. The highest BCUT2D eigenvalue weighted by Crippen LogP contribution is 2.33. The van der Waals surface area contributed by atoms with Gasteiger partial charge in [0.15, 0.2) is 23.1 Å². The molecule has 0 bridgehead atoms. The first-order chi connectivity index (χ1) is 21.3. The lowest BCUT2D eigenvalue weighted by molar-refractivity contribution is 0.0978. The molecular weight excluding hydrogens is 558 g/mol. The fraction of sp³-hybridized carbons (Fsp3) is 0. The number of aromatic nitrogens is 1. The van der Waals surface area contributed by atoms with E-state index in [0.717, 1.165) is 0 Å². The molecule has 9 nitrogen and oxygen atoms in total. The smallest absolute Gasteiger partial charge is 0.274 e. The van der Waals surface area contributed by atoms with Gasteiger partial charge in [-0.05, 0) is 24.3 Å². The largest absolute Gasteiger partial charge is 0.321 e. The summed E-state index contributed by atoms with van der Waals surface area (Å²) in [6.07, 6.45) is 1.20. The van der Waals surface area contributed by atoms with E-state index in [0.29, 0.717) is 11.1 Å². The maximum absolute atomic E-state index is 13.3. The monoisotopic (exact) mass is 577 g/mol. The second kappa shape index (κ2) is 10.2. The first-order valence-corrected chi connectivity index (χ1v) is 13.5. The van der Waals surface area contributed by atoms with Gasteiger partial charge in [0.1, 0.15) is 5.69 Å². The highest BCUT2D eigenvalue weighted by atomic mass is 16.2. The van der Waals surface area contributed by atoms with E-state index in [2.05, 4.69) is 15.6 Å². The molecule has 2 aliphatic carbocycles. The Bertz CT molecular complexity index is 1980. The first-order valence-electron chi connectivity index (χ1n) is 13.5. The van der Waals surface area contributed by atoms with E-state index in [4.69, 9.17) is 0 Å². The van der Waals surface area contributed by atoms with Crippen LogP contribution in [0.2, 0.25) is 0 Å². The van der Waals surface area contributed by atoms with Crippen LogP contribution < -0.4 is 10.6 Å². The van der Waals surface area contributed by atoms with Gasteiger partial charge >= 0.3 is 0 Å². The quantitative estimate of drug-likeness (QED) is 0.295. The fourth-order valence-electron chi connectivity index (χ4n) is 5.54. The van der Waals surface area contributed by atoms with Crippen molar-refractivity contribution in [1.82, 2.24) is 4.98 Å². The van der Waals surface area contributed by atoms with Crippen molar-refractivity contribution in [2.45, 2.75) is 0 Å². The highest BCUT2D eigenvalue weighted by Gasteiger charge is 2.33. The maximum Gasteiger partial charge on any atom is 0.274 e. The van der Waals surface area contributed by atoms with Gasteiger partial charge in [-0.3, -0.25) is 33.8 Å². The zero-order valence-electron chi connectivity index (χ0n) is 22.7. The molecule has 210 valence electrons. The molecule has 7 rings (SSSR count). The molecule has 5 aromatic rings. The summed E-state index contributed by atoms with van der Waals surface area (Å²) in [5.74, 6) is -2.62. The number of nitrogens with one attached hydrogen (secondary N) is 2. The molecule has 0 radical (unpaired) electrons. The molecule has 0 saturated carbocycles. The second-order valence-corrected chi connectivity index (χ2v) is 10.2. The number of nitrogens with zero attached hydrogens (tertiary/aromatic N) is 1. The van der Waals surface area contributed by atoms with Crippen LogP contribution in [-0.4, -0.2) is 39.9 Å². The van der Waals surface area contributed by atoms with Crippen LogP contribution in [0, 0.1) is 0 Å². The Hall–Kier alpha value is -6.35. The molecule has 0 atom stereocenters. The number of benzene rings is 4. The van der Waals surface area contributed by atoms with Gasteiger partial charge in [-0.2, -0.15) is 0 Å². The average Bonchev–Trinajstić information content (AvgIpc) is 3.06. The van der Waals surface area contributed by atoms with E-state index in [-0.39, 0.29) is 79.1 Å². The normalized spacial score (nSPS) is 12.9. The summed E-state index contributed by atoms with van der Waals surface area (Å²) in [5, 5.41) is 5.35. The number of hydrogen-bond donors (Lipinski definition) is 2. The molecule has 0 aliphatic heterocycles. The topological polar surface area (TPSA) is 139 Å². The molecule has 1 heterocycles. The number of fused-ring (bicyclic) bond motifs is 4. The maximum atomic E-state index is 13.3. The minimum absolute atomic E-state index is 0.0383. The molecule has 0 saturated heterocycles. The lowest BCUT2D eigenvalue weighted by Crippen LogP contribution is -2.24. The van der Waals surface area contributed by atoms with Gasteiger partial charge in [-0.1, -0.05) is 72.8 Å². The summed E-state index contributed by atoms with van der Waals surface area (Å²) in [7, 11) is 0. The Balaban J connectivity index is 1.11. The summed E-state index contributed by atoms with van der Waals surface area (Å²) >= 11 is 0. The molecule has 2 aliphatic rings. The van der Waals surface area contributed by atoms with Crippen molar-refractivity contribution in [1.29, 1.82) is 0 Å². The van der Waals surface area contributed by atoms with Crippen LogP contribution in [-0.2, 0) is 0 Å². The summed E-state index contributed by atoms with van der Waals surface area (Å²) in [6, 6.07) is 25.1. The second-order valence-electron chi connectivity index (χ2n) is 10.2. The third kappa shape index (κ3) is 4.14. The lowest BCUT2D eigenvalue weighted by Gasteiger charge is -2.20. The van der Waals surface area contributed by atoms with Gasteiger partial charge in [0, 0.05) is 39.6 Å². The zero-order chi connectivity index (χ0) is 30.5. The van der Waals surface area contributed by atoms with Crippen molar-refractivity contribution in [2.75, 3.05) is 10.6 Å². The van der Waals surface area contributed by atoms with Crippen molar-refractivity contribution < 1.29 is 28.8 Å². The van der Waals surface area contributed by atoms with Crippen LogP contribution in [0.5, 0.6) is 0 Å². The minimum atomic E-state index is -0.649. The molecular formula is C35H19N3O6. The number of anilines is 2. The number of carbonyl (C=O) groups is 6. The van der Waals surface area contributed by atoms with Crippen LogP contribution in [0.25, 0.3) is 0 Å². The van der Waals surface area contributed by atoms with Crippen molar-refractivity contribution in [3.05, 3.63) is 159 Å². The number of rotatable bonds is 4. The van der Waals surface area contributed by atoms with E-state index in [9.17, 15) is 28.8 Å². The van der Waals surface area contributed by atoms with Crippen molar-refractivity contribution in [3.8, 4) is 0 Å². The summed E-state index contributed by atoms with van der Waals surface area (Å²) in [6.45, 7) is 0. The molecule has 0 spiro atoms. The Labute approximate surface area is 249 Å². The Morgan fingerprint density at radius 2 is 0.886 bits per heavy atom. The predicted molar refractivity (Wildman–Crippen MR) is 160 cm³/mol. The van der Waals surface area contributed by atoms with Crippen LogP contribution >= 0.6 is 0 Å². The third-order valence-electron chi connectivity index (χ3n) is 7.66. The zero-order valence-corrected chi connectivity index (χ0v) is 22.7. The van der Waals surface area contributed by atoms with Gasteiger partial charge in [-0.15, -0.1) is 0 Å². The van der Waals surface area contributed by atoms with Gasteiger partial charge in [0.2, 0.25) is 0 Å². The average molecular weight is 578 g/mol. The first kappa shape index (κ1) is 26.5. The third-order valence-corrected chi connectivity index (χ3v) is 7.66. The number of ketones is 4. The van der Waals surface area contributed by atoms with E-state index < -0.39 is 11.8 Å². The lowest BCUT2D eigenvalue weighted by atomic mass is 9.83.